The maximum absolute atomic E-state index is 12.1. The quantitative estimate of drug-likeness (QED) is 0.868. The minimum atomic E-state index is -0.510. The van der Waals surface area contributed by atoms with Crippen LogP contribution in [0.3, 0.4) is 0 Å². The molecule has 0 bridgehead atoms. The van der Waals surface area contributed by atoms with Gasteiger partial charge in [-0.1, -0.05) is 6.92 Å². The first-order valence-electron chi connectivity index (χ1n) is 7.91. The maximum atomic E-state index is 12.1. The molecule has 0 aliphatic heterocycles. The lowest BCUT2D eigenvalue weighted by atomic mass is 9.86. The number of nitrogens with zero attached hydrogens (tertiary/aromatic N) is 1. The molecule has 1 rings (SSSR count). The Morgan fingerprint density at radius 1 is 1.19 bits per heavy atom. The van der Waals surface area contributed by atoms with Crippen molar-refractivity contribution < 1.29 is 14.3 Å². The predicted molar refractivity (Wildman–Crippen MR) is 83.0 cm³/mol. The van der Waals surface area contributed by atoms with Gasteiger partial charge in [-0.25, -0.2) is 4.79 Å². The summed E-state index contributed by atoms with van der Waals surface area (Å²) in [5, 5.41) is 2.63. The molecule has 2 amide bonds. The van der Waals surface area contributed by atoms with E-state index in [1.807, 2.05) is 32.7 Å². The fourth-order valence-corrected chi connectivity index (χ4v) is 2.60. The van der Waals surface area contributed by atoms with Gasteiger partial charge in [0.05, 0.1) is 0 Å². The van der Waals surface area contributed by atoms with E-state index in [9.17, 15) is 9.59 Å². The number of carbonyl (C=O) groups is 2. The first-order chi connectivity index (χ1) is 9.69. The van der Waals surface area contributed by atoms with Crippen molar-refractivity contribution >= 4 is 12.0 Å². The molecule has 0 spiro atoms. The molecule has 0 atom stereocenters. The van der Waals surface area contributed by atoms with Gasteiger partial charge in [-0.15, -0.1) is 0 Å². The van der Waals surface area contributed by atoms with E-state index in [2.05, 4.69) is 12.2 Å². The van der Waals surface area contributed by atoms with Gasteiger partial charge < -0.3 is 15.0 Å². The van der Waals surface area contributed by atoms with Crippen LogP contribution in [0.2, 0.25) is 0 Å². The Labute approximate surface area is 128 Å². The molecule has 5 nitrogen and oxygen atoms in total. The van der Waals surface area contributed by atoms with Gasteiger partial charge in [-0.3, -0.25) is 4.79 Å². The van der Waals surface area contributed by atoms with Crippen LogP contribution in [-0.2, 0) is 9.53 Å². The first kappa shape index (κ1) is 17.8. The number of ether oxygens (including phenoxy) is 1. The second kappa shape index (κ2) is 7.66. The lowest BCUT2D eigenvalue weighted by Crippen LogP contribution is -2.41. The maximum Gasteiger partial charge on any atom is 0.407 e. The van der Waals surface area contributed by atoms with Crippen molar-refractivity contribution in [1.29, 1.82) is 0 Å². The Balaban J connectivity index is 2.25. The van der Waals surface area contributed by atoms with Crippen LogP contribution < -0.4 is 5.32 Å². The summed E-state index contributed by atoms with van der Waals surface area (Å²) in [6, 6.07) is 0.357. The third kappa shape index (κ3) is 6.82. The molecular formula is C16H30N2O3. The summed E-state index contributed by atoms with van der Waals surface area (Å²) in [6.45, 7) is 8.03. The Morgan fingerprint density at radius 3 is 2.29 bits per heavy atom. The molecule has 5 heteroatoms. The zero-order valence-corrected chi connectivity index (χ0v) is 14.1. The SMILES string of the molecule is CC1CCC(N(C)C(=O)CCNC(=O)OC(C)(C)C)CC1. The molecule has 0 aromatic heterocycles. The number of rotatable bonds is 4. The highest BCUT2D eigenvalue weighted by atomic mass is 16.6. The number of amides is 2. The van der Waals surface area contributed by atoms with E-state index >= 15 is 0 Å². The summed E-state index contributed by atoms with van der Waals surface area (Å²) in [7, 11) is 1.87. The van der Waals surface area contributed by atoms with E-state index in [1.165, 1.54) is 12.8 Å². The van der Waals surface area contributed by atoms with E-state index < -0.39 is 11.7 Å². The predicted octanol–water partition coefficient (Wildman–Crippen LogP) is 2.94. The van der Waals surface area contributed by atoms with Gasteiger partial charge in [-0.2, -0.15) is 0 Å². The van der Waals surface area contributed by atoms with Gasteiger partial charge in [-0.05, 0) is 52.4 Å². The lowest BCUT2D eigenvalue weighted by Gasteiger charge is -2.33. The normalized spacial score (nSPS) is 22.5. The van der Waals surface area contributed by atoms with Crippen LogP contribution in [0, 0.1) is 5.92 Å². The largest absolute Gasteiger partial charge is 0.444 e. The van der Waals surface area contributed by atoms with Gasteiger partial charge in [0.2, 0.25) is 5.91 Å². The summed E-state index contributed by atoms with van der Waals surface area (Å²) in [4.78, 5) is 25.5. The van der Waals surface area contributed by atoms with E-state index in [0.717, 1.165) is 18.8 Å². The third-order valence-corrected chi connectivity index (χ3v) is 3.93. The molecule has 1 N–H and O–H groups in total. The van der Waals surface area contributed by atoms with Crippen molar-refractivity contribution in [2.75, 3.05) is 13.6 Å². The second-order valence-electron chi connectivity index (χ2n) is 7.10. The molecule has 1 aliphatic rings. The number of alkyl carbamates (subject to hydrolysis) is 1. The van der Waals surface area contributed by atoms with Gasteiger partial charge in [0, 0.05) is 26.1 Å². The molecule has 0 heterocycles. The highest BCUT2D eigenvalue weighted by molar-refractivity contribution is 5.77. The standard InChI is InChI=1S/C16H30N2O3/c1-12-6-8-13(9-7-12)18(5)14(19)10-11-17-15(20)21-16(2,3)4/h12-13H,6-11H2,1-5H3,(H,17,20). The Morgan fingerprint density at radius 2 is 1.76 bits per heavy atom. The van der Waals surface area contributed by atoms with E-state index in [-0.39, 0.29) is 5.91 Å². The Kier molecular flexibility index (Phi) is 6.49. The van der Waals surface area contributed by atoms with Crippen LogP contribution in [0.25, 0.3) is 0 Å². The van der Waals surface area contributed by atoms with Gasteiger partial charge >= 0.3 is 6.09 Å². The van der Waals surface area contributed by atoms with Gasteiger partial charge in [0.15, 0.2) is 0 Å². The molecule has 1 aliphatic carbocycles. The van der Waals surface area contributed by atoms with Crippen LogP contribution in [0.5, 0.6) is 0 Å². The van der Waals surface area contributed by atoms with Crippen LogP contribution in [0.4, 0.5) is 4.79 Å². The molecule has 0 radical (unpaired) electrons. The third-order valence-electron chi connectivity index (χ3n) is 3.93. The molecule has 21 heavy (non-hydrogen) atoms. The summed E-state index contributed by atoms with van der Waals surface area (Å²) < 4.78 is 5.13. The topological polar surface area (TPSA) is 58.6 Å². The van der Waals surface area contributed by atoms with Crippen LogP contribution in [-0.4, -0.2) is 42.1 Å². The van der Waals surface area contributed by atoms with Crippen molar-refractivity contribution in [1.82, 2.24) is 10.2 Å². The zero-order valence-electron chi connectivity index (χ0n) is 14.1. The van der Waals surface area contributed by atoms with Crippen molar-refractivity contribution in [3.05, 3.63) is 0 Å². The Bertz CT molecular complexity index is 355. The fourth-order valence-electron chi connectivity index (χ4n) is 2.60. The van der Waals surface area contributed by atoms with Crippen LogP contribution in [0.1, 0.15) is 59.8 Å². The smallest absolute Gasteiger partial charge is 0.407 e. The van der Waals surface area contributed by atoms with Gasteiger partial charge in [0.1, 0.15) is 5.60 Å². The first-order valence-corrected chi connectivity index (χ1v) is 7.91. The summed E-state index contributed by atoms with van der Waals surface area (Å²) in [6.07, 6.45) is 4.41. The molecule has 1 saturated carbocycles. The van der Waals surface area contributed by atoms with Crippen LogP contribution in [0.15, 0.2) is 0 Å². The number of carbonyl (C=O) groups excluding carboxylic acids is 2. The summed E-state index contributed by atoms with van der Waals surface area (Å²) in [5.41, 5.74) is -0.510. The summed E-state index contributed by atoms with van der Waals surface area (Å²) >= 11 is 0. The molecule has 0 aromatic carbocycles. The van der Waals surface area contributed by atoms with Crippen LogP contribution >= 0.6 is 0 Å². The average Bonchev–Trinajstić information content (AvgIpc) is 2.36. The van der Waals surface area contributed by atoms with E-state index in [1.54, 1.807) is 0 Å². The minimum absolute atomic E-state index is 0.0885. The fraction of sp³-hybridized carbons (Fsp3) is 0.875. The molecule has 0 unspecified atom stereocenters. The average molecular weight is 298 g/mol. The molecule has 0 saturated heterocycles. The second-order valence-corrected chi connectivity index (χ2v) is 7.10. The highest BCUT2D eigenvalue weighted by Crippen LogP contribution is 2.26. The van der Waals surface area contributed by atoms with Gasteiger partial charge in [0.25, 0.3) is 0 Å². The van der Waals surface area contributed by atoms with Crippen molar-refractivity contribution in [2.45, 2.75) is 71.4 Å². The number of hydrogen-bond donors (Lipinski definition) is 1. The van der Waals surface area contributed by atoms with E-state index in [4.69, 9.17) is 4.74 Å². The van der Waals surface area contributed by atoms with Crippen molar-refractivity contribution in [3.8, 4) is 0 Å². The molecule has 1 fully saturated rings. The number of hydrogen-bond acceptors (Lipinski definition) is 3. The van der Waals surface area contributed by atoms with Crippen molar-refractivity contribution in [3.63, 3.8) is 0 Å². The Hall–Kier alpha value is -1.26. The lowest BCUT2D eigenvalue weighted by molar-refractivity contribution is -0.132. The highest BCUT2D eigenvalue weighted by Gasteiger charge is 2.24. The monoisotopic (exact) mass is 298 g/mol. The molecule has 0 aromatic rings. The van der Waals surface area contributed by atoms with Crippen molar-refractivity contribution in [2.24, 2.45) is 5.92 Å². The molecular weight excluding hydrogens is 268 g/mol. The number of nitrogens with one attached hydrogen (secondary N) is 1. The van der Waals surface area contributed by atoms with E-state index in [0.29, 0.717) is 19.0 Å². The zero-order chi connectivity index (χ0) is 16.0. The summed E-state index contributed by atoms with van der Waals surface area (Å²) in [5.74, 6) is 0.865. The minimum Gasteiger partial charge on any atom is -0.444 e. The molecule has 122 valence electrons.